The van der Waals surface area contributed by atoms with Crippen LogP contribution in [0.2, 0.25) is 0 Å². The van der Waals surface area contributed by atoms with Crippen molar-refractivity contribution in [1.82, 2.24) is 14.6 Å². The van der Waals surface area contributed by atoms with Crippen LogP contribution in [0.5, 0.6) is 0 Å². The maximum absolute atomic E-state index is 11.8. The molecule has 2 rings (SSSR count). The number of hydrogen-bond acceptors (Lipinski definition) is 3. The lowest BCUT2D eigenvalue weighted by Gasteiger charge is -2.01. The van der Waals surface area contributed by atoms with Crippen LogP contribution in [-0.2, 0) is 11.3 Å². The first-order valence-electron chi connectivity index (χ1n) is 5.49. The molecule has 0 saturated heterocycles. The molecule has 3 N–H and O–H groups in total. The second kappa shape index (κ2) is 4.52. The maximum Gasteiger partial charge on any atom is 0.328 e. The largest absolute Gasteiger partial charge is 0.328 e. The van der Waals surface area contributed by atoms with E-state index in [1.165, 1.54) is 0 Å². The molecule has 0 unspecified atom stereocenters. The molecule has 16 heavy (non-hydrogen) atoms. The molecular weight excluding hydrogens is 208 g/mol. The SMILES string of the molecule is NNC(=O)CCCn1ccn(C2CC2)c1=O. The number of hydrazine groups is 1. The van der Waals surface area contributed by atoms with Crippen LogP contribution < -0.4 is 17.0 Å². The number of carbonyl (C=O) groups excluding carboxylic acids is 1. The van der Waals surface area contributed by atoms with Crippen LogP contribution in [0.3, 0.4) is 0 Å². The molecule has 0 aromatic carbocycles. The molecule has 0 radical (unpaired) electrons. The van der Waals surface area contributed by atoms with E-state index in [9.17, 15) is 9.59 Å². The number of carbonyl (C=O) groups is 1. The predicted molar refractivity (Wildman–Crippen MR) is 58.5 cm³/mol. The van der Waals surface area contributed by atoms with E-state index >= 15 is 0 Å². The number of nitrogens with zero attached hydrogens (tertiary/aromatic N) is 2. The highest BCUT2D eigenvalue weighted by Gasteiger charge is 2.25. The quantitative estimate of drug-likeness (QED) is 0.411. The summed E-state index contributed by atoms with van der Waals surface area (Å²) in [5.41, 5.74) is 2.09. The summed E-state index contributed by atoms with van der Waals surface area (Å²) in [6.45, 7) is 0.561. The van der Waals surface area contributed by atoms with Gasteiger partial charge in [-0.2, -0.15) is 0 Å². The molecular formula is C10H16N4O2. The smallest absolute Gasteiger partial charge is 0.299 e. The number of hydrogen-bond donors (Lipinski definition) is 2. The second-order valence-electron chi connectivity index (χ2n) is 4.08. The Morgan fingerprint density at radius 3 is 2.88 bits per heavy atom. The number of nitrogens with two attached hydrogens (primary N) is 1. The van der Waals surface area contributed by atoms with Crippen molar-refractivity contribution in [3.05, 3.63) is 22.9 Å². The van der Waals surface area contributed by atoms with Crippen LogP contribution in [-0.4, -0.2) is 15.0 Å². The Labute approximate surface area is 93.0 Å². The molecule has 1 aromatic rings. The van der Waals surface area contributed by atoms with Crippen molar-refractivity contribution in [3.8, 4) is 0 Å². The van der Waals surface area contributed by atoms with Crippen molar-refractivity contribution in [2.75, 3.05) is 0 Å². The maximum atomic E-state index is 11.8. The molecule has 6 heteroatoms. The molecule has 1 heterocycles. The molecule has 1 saturated carbocycles. The third-order valence-corrected chi connectivity index (χ3v) is 2.78. The molecule has 1 fully saturated rings. The van der Waals surface area contributed by atoms with Crippen molar-refractivity contribution >= 4 is 5.91 Å². The summed E-state index contributed by atoms with van der Waals surface area (Å²) in [5.74, 6) is 4.76. The summed E-state index contributed by atoms with van der Waals surface area (Å²) in [6, 6.07) is 0.404. The van der Waals surface area contributed by atoms with Crippen LogP contribution in [0.1, 0.15) is 31.7 Å². The van der Waals surface area contributed by atoms with Crippen LogP contribution in [0.4, 0.5) is 0 Å². The van der Waals surface area contributed by atoms with Gasteiger partial charge < -0.3 is 0 Å². The van der Waals surface area contributed by atoms with Gasteiger partial charge >= 0.3 is 5.69 Å². The van der Waals surface area contributed by atoms with Crippen LogP contribution >= 0.6 is 0 Å². The number of aryl methyl sites for hydroxylation is 1. The Hall–Kier alpha value is -1.56. The first-order valence-corrected chi connectivity index (χ1v) is 5.49. The van der Waals surface area contributed by atoms with Crippen molar-refractivity contribution < 1.29 is 4.79 Å². The zero-order chi connectivity index (χ0) is 11.5. The monoisotopic (exact) mass is 224 g/mol. The first-order chi connectivity index (χ1) is 7.72. The van der Waals surface area contributed by atoms with Gasteiger partial charge in [0.1, 0.15) is 0 Å². The summed E-state index contributed by atoms with van der Waals surface area (Å²) in [4.78, 5) is 22.7. The molecule has 1 amide bonds. The molecule has 88 valence electrons. The molecule has 1 aromatic heterocycles. The fourth-order valence-electron chi connectivity index (χ4n) is 1.71. The Morgan fingerprint density at radius 1 is 1.50 bits per heavy atom. The third kappa shape index (κ3) is 2.33. The summed E-state index contributed by atoms with van der Waals surface area (Å²) in [7, 11) is 0. The van der Waals surface area contributed by atoms with Gasteiger partial charge in [0.05, 0.1) is 0 Å². The lowest BCUT2D eigenvalue weighted by molar-refractivity contribution is -0.121. The highest BCUT2D eigenvalue weighted by molar-refractivity contribution is 5.74. The Kier molecular flexibility index (Phi) is 3.09. The van der Waals surface area contributed by atoms with Crippen molar-refractivity contribution in [3.63, 3.8) is 0 Å². The normalized spacial score (nSPS) is 15.1. The summed E-state index contributed by atoms with van der Waals surface area (Å²) in [6.07, 6.45) is 6.76. The first kappa shape index (κ1) is 10.9. The number of imidazole rings is 1. The fourth-order valence-corrected chi connectivity index (χ4v) is 1.71. The molecule has 0 spiro atoms. The summed E-state index contributed by atoms with van der Waals surface area (Å²) >= 11 is 0. The van der Waals surface area contributed by atoms with Gasteiger partial charge in [-0.3, -0.25) is 19.4 Å². The summed E-state index contributed by atoms with van der Waals surface area (Å²) in [5, 5.41) is 0. The van der Waals surface area contributed by atoms with Gasteiger partial charge in [-0.05, 0) is 19.3 Å². The molecule has 1 aliphatic rings. The van der Waals surface area contributed by atoms with E-state index in [4.69, 9.17) is 5.84 Å². The second-order valence-corrected chi connectivity index (χ2v) is 4.08. The van der Waals surface area contributed by atoms with E-state index in [0.717, 1.165) is 12.8 Å². The third-order valence-electron chi connectivity index (χ3n) is 2.78. The zero-order valence-electron chi connectivity index (χ0n) is 9.06. The standard InChI is InChI=1S/C10H16N4O2/c11-12-9(15)2-1-5-13-6-7-14(10(13)16)8-3-4-8/h6-8H,1-5,11H2,(H,12,15). The average Bonchev–Trinajstić information content (AvgIpc) is 3.05. The van der Waals surface area contributed by atoms with Gasteiger partial charge in [0.15, 0.2) is 0 Å². The van der Waals surface area contributed by atoms with Gasteiger partial charge in [-0.15, -0.1) is 0 Å². The topological polar surface area (TPSA) is 82.0 Å². The molecule has 6 nitrogen and oxygen atoms in total. The highest BCUT2D eigenvalue weighted by atomic mass is 16.2. The number of nitrogens with one attached hydrogen (secondary N) is 1. The van der Waals surface area contributed by atoms with Gasteiger partial charge in [0, 0.05) is 31.4 Å². The minimum Gasteiger partial charge on any atom is -0.299 e. The Bertz CT molecular complexity index is 430. The van der Waals surface area contributed by atoms with E-state index in [0.29, 0.717) is 25.4 Å². The lowest BCUT2D eigenvalue weighted by atomic mass is 10.3. The lowest BCUT2D eigenvalue weighted by Crippen LogP contribution is -2.30. The van der Waals surface area contributed by atoms with Crippen LogP contribution in [0.15, 0.2) is 17.2 Å². The van der Waals surface area contributed by atoms with Gasteiger partial charge in [0.25, 0.3) is 0 Å². The molecule has 0 aliphatic heterocycles. The van der Waals surface area contributed by atoms with E-state index in [1.54, 1.807) is 15.3 Å². The number of rotatable bonds is 5. The van der Waals surface area contributed by atoms with Crippen molar-refractivity contribution in [1.29, 1.82) is 0 Å². The number of amides is 1. The van der Waals surface area contributed by atoms with E-state index in [2.05, 4.69) is 5.43 Å². The Morgan fingerprint density at radius 2 is 2.25 bits per heavy atom. The van der Waals surface area contributed by atoms with E-state index in [1.807, 2.05) is 6.20 Å². The number of aromatic nitrogens is 2. The van der Waals surface area contributed by atoms with Gasteiger partial charge in [0.2, 0.25) is 5.91 Å². The van der Waals surface area contributed by atoms with Crippen molar-refractivity contribution in [2.24, 2.45) is 5.84 Å². The van der Waals surface area contributed by atoms with Crippen LogP contribution in [0, 0.1) is 0 Å². The van der Waals surface area contributed by atoms with Gasteiger partial charge in [-0.1, -0.05) is 0 Å². The Balaban J connectivity index is 1.89. The fraction of sp³-hybridized carbons (Fsp3) is 0.600. The minimum atomic E-state index is -0.199. The average molecular weight is 224 g/mol. The van der Waals surface area contributed by atoms with E-state index in [-0.39, 0.29) is 11.6 Å². The predicted octanol–water partition coefficient (Wildman–Crippen LogP) is -0.245. The van der Waals surface area contributed by atoms with Crippen LogP contribution in [0.25, 0.3) is 0 Å². The van der Waals surface area contributed by atoms with Crippen molar-refractivity contribution in [2.45, 2.75) is 38.3 Å². The van der Waals surface area contributed by atoms with Gasteiger partial charge in [-0.25, -0.2) is 10.6 Å². The van der Waals surface area contributed by atoms with E-state index < -0.39 is 0 Å². The summed E-state index contributed by atoms with van der Waals surface area (Å²) < 4.78 is 3.41. The molecule has 1 aliphatic carbocycles. The zero-order valence-corrected chi connectivity index (χ0v) is 9.06. The minimum absolute atomic E-state index is 0.0238. The highest BCUT2D eigenvalue weighted by Crippen LogP contribution is 2.33. The molecule has 0 atom stereocenters. The molecule has 0 bridgehead atoms.